The zero-order valence-corrected chi connectivity index (χ0v) is 15.4. The second-order valence-corrected chi connectivity index (χ2v) is 7.16. The normalized spacial score (nSPS) is 9.64. The van der Waals surface area contributed by atoms with Crippen molar-refractivity contribution in [3.63, 3.8) is 0 Å². The van der Waals surface area contributed by atoms with E-state index in [1.165, 1.54) is 12.2 Å². The van der Waals surface area contributed by atoms with Crippen LogP contribution in [0.5, 0.6) is 0 Å². The third kappa shape index (κ3) is 5.82. The number of benzene rings is 2. The maximum Gasteiger partial charge on any atom is 0.216 e. The molecule has 0 aliphatic rings. The number of hydrogen-bond acceptors (Lipinski definition) is 4. The SMILES string of the molecule is C=CC(=O)Sc1ccc(C#Cc2ccc(SC(=O)C=C)cc2C)cc1. The predicted molar refractivity (Wildman–Crippen MR) is 106 cm³/mol. The Bertz CT molecular complexity index is 884. The average molecular weight is 364 g/mol. The molecule has 25 heavy (non-hydrogen) atoms. The van der Waals surface area contributed by atoms with Crippen molar-refractivity contribution in [3.8, 4) is 11.8 Å². The van der Waals surface area contributed by atoms with Gasteiger partial charge in [-0.1, -0.05) is 25.0 Å². The molecule has 0 atom stereocenters. The van der Waals surface area contributed by atoms with E-state index in [1.54, 1.807) is 0 Å². The third-order valence-corrected chi connectivity index (χ3v) is 4.90. The van der Waals surface area contributed by atoms with E-state index in [9.17, 15) is 9.59 Å². The molecule has 0 bridgehead atoms. The molecule has 0 amide bonds. The molecule has 0 fully saturated rings. The minimum Gasteiger partial charge on any atom is -0.282 e. The van der Waals surface area contributed by atoms with Crippen LogP contribution in [0.1, 0.15) is 16.7 Å². The zero-order valence-electron chi connectivity index (χ0n) is 13.7. The molecule has 4 heteroatoms. The van der Waals surface area contributed by atoms with Crippen LogP contribution in [0.4, 0.5) is 0 Å². The van der Waals surface area contributed by atoms with E-state index in [2.05, 4.69) is 25.0 Å². The molecule has 124 valence electrons. The minimum absolute atomic E-state index is 0.0777. The summed E-state index contributed by atoms with van der Waals surface area (Å²) in [6.07, 6.45) is 2.60. The minimum atomic E-state index is -0.0812. The molecule has 0 spiro atoms. The highest BCUT2D eigenvalue weighted by Gasteiger charge is 2.03. The first-order valence-corrected chi connectivity index (χ1v) is 9.06. The van der Waals surface area contributed by atoms with Crippen molar-refractivity contribution >= 4 is 33.8 Å². The first-order chi connectivity index (χ1) is 12.0. The van der Waals surface area contributed by atoms with Gasteiger partial charge in [-0.25, -0.2) is 0 Å². The van der Waals surface area contributed by atoms with Crippen LogP contribution in [0.3, 0.4) is 0 Å². The summed E-state index contributed by atoms with van der Waals surface area (Å²) in [4.78, 5) is 24.4. The Hall–Kier alpha value is -2.48. The quantitative estimate of drug-likeness (QED) is 0.434. The summed E-state index contributed by atoms with van der Waals surface area (Å²) in [7, 11) is 0. The van der Waals surface area contributed by atoms with E-state index in [1.807, 2.05) is 49.4 Å². The summed E-state index contributed by atoms with van der Waals surface area (Å²) in [6, 6.07) is 13.2. The highest BCUT2D eigenvalue weighted by Crippen LogP contribution is 2.22. The van der Waals surface area contributed by atoms with Crippen LogP contribution in [-0.2, 0) is 9.59 Å². The molecule has 0 aliphatic heterocycles. The van der Waals surface area contributed by atoms with Crippen LogP contribution >= 0.6 is 23.5 Å². The third-order valence-electron chi connectivity index (χ3n) is 3.16. The first-order valence-electron chi connectivity index (χ1n) is 7.43. The van der Waals surface area contributed by atoms with Crippen molar-refractivity contribution in [2.75, 3.05) is 0 Å². The Kier molecular flexibility index (Phi) is 6.88. The van der Waals surface area contributed by atoms with Gasteiger partial charge < -0.3 is 0 Å². The van der Waals surface area contributed by atoms with Gasteiger partial charge in [0.1, 0.15) is 0 Å². The van der Waals surface area contributed by atoms with Crippen molar-refractivity contribution in [3.05, 3.63) is 84.5 Å². The topological polar surface area (TPSA) is 34.1 Å². The lowest BCUT2D eigenvalue weighted by molar-refractivity contribution is -0.107. The van der Waals surface area contributed by atoms with Gasteiger partial charge in [-0.2, -0.15) is 0 Å². The molecule has 2 aromatic rings. The molecule has 2 aromatic carbocycles. The Morgan fingerprint density at radius 1 is 0.880 bits per heavy atom. The predicted octanol–water partition coefficient (Wildman–Crippen LogP) is 5.00. The second kappa shape index (κ2) is 9.12. The van der Waals surface area contributed by atoms with Gasteiger partial charge in [-0.3, -0.25) is 9.59 Å². The van der Waals surface area contributed by atoms with Crippen LogP contribution in [0.25, 0.3) is 0 Å². The number of carbonyl (C=O) groups is 2. The van der Waals surface area contributed by atoms with Gasteiger partial charge >= 0.3 is 0 Å². The summed E-state index contributed by atoms with van der Waals surface area (Å²) >= 11 is 2.28. The molecule has 0 aliphatic carbocycles. The second-order valence-electron chi connectivity index (χ2n) is 5.00. The van der Waals surface area contributed by atoms with E-state index in [0.717, 1.165) is 50.0 Å². The summed E-state index contributed by atoms with van der Waals surface area (Å²) < 4.78 is 0. The van der Waals surface area contributed by atoms with Crippen molar-refractivity contribution in [1.29, 1.82) is 0 Å². The highest BCUT2D eigenvalue weighted by atomic mass is 32.2. The molecule has 0 aromatic heterocycles. The van der Waals surface area contributed by atoms with E-state index < -0.39 is 0 Å². The maximum absolute atomic E-state index is 11.4. The lowest BCUT2D eigenvalue weighted by Gasteiger charge is -2.02. The molecule has 0 saturated heterocycles. The van der Waals surface area contributed by atoms with Gasteiger partial charge in [0.15, 0.2) is 0 Å². The Morgan fingerprint density at radius 3 is 2.00 bits per heavy atom. The lowest BCUT2D eigenvalue weighted by atomic mass is 10.1. The van der Waals surface area contributed by atoms with Gasteiger partial charge in [0.25, 0.3) is 0 Å². The molecule has 2 rings (SSSR count). The Balaban J connectivity index is 2.12. The zero-order chi connectivity index (χ0) is 18.2. The average Bonchev–Trinajstić information content (AvgIpc) is 2.62. The fraction of sp³-hybridized carbons (Fsp3) is 0.0476. The number of thioether (sulfide) groups is 2. The van der Waals surface area contributed by atoms with Crippen LogP contribution < -0.4 is 0 Å². The van der Waals surface area contributed by atoms with Gasteiger partial charge in [-0.15, -0.1) is 0 Å². The van der Waals surface area contributed by atoms with Crippen molar-refractivity contribution in [2.24, 2.45) is 0 Å². The fourth-order valence-corrected chi connectivity index (χ4v) is 3.18. The largest absolute Gasteiger partial charge is 0.282 e. The Labute approximate surface area is 156 Å². The van der Waals surface area contributed by atoms with Gasteiger partial charge in [0.05, 0.1) is 0 Å². The van der Waals surface area contributed by atoms with E-state index in [-0.39, 0.29) is 10.2 Å². The molecule has 0 N–H and O–H groups in total. The molecule has 0 saturated carbocycles. The van der Waals surface area contributed by atoms with Crippen molar-refractivity contribution in [2.45, 2.75) is 16.7 Å². The van der Waals surface area contributed by atoms with E-state index in [0.29, 0.717) is 0 Å². The number of aryl methyl sites for hydroxylation is 1. The number of rotatable bonds is 4. The van der Waals surface area contributed by atoms with E-state index >= 15 is 0 Å². The fourth-order valence-electron chi connectivity index (χ4n) is 1.90. The monoisotopic (exact) mass is 364 g/mol. The first kappa shape index (κ1) is 18.9. The van der Waals surface area contributed by atoms with Gasteiger partial charge in [0, 0.05) is 20.9 Å². The standard InChI is InChI=1S/C21H16O2S2/c1-4-20(22)24-18-11-7-16(8-12-18)6-9-17-10-13-19(14-15(17)3)25-21(23)5-2/h4-5,7-8,10-14H,1-2H2,3H3. The maximum atomic E-state index is 11.4. The summed E-state index contributed by atoms with van der Waals surface area (Å²) in [6.45, 7) is 8.89. The van der Waals surface area contributed by atoms with Crippen LogP contribution in [0, 0.1) is 18.8 Å². The van der Waals surface area contributed by atoms with Gasteiger partial charge in [0.2, 0.25) is 10.2 Å². The number of hydrogen-bond donors (Lipinski definition) is 0. The van der Waals surface area contributed by atoms with Gasteiger partial charge in [-0.05, 0) is 90.6 Å². The lowest BCUT2D eigenvalue weighted by Crippen LogP contribution is -1.87. The summed E-state index contributed by atoms with van der Waals surface area (Å²) in [5.41, 5.74) is 2.80. The van der Waals surface area contributed by atoms with Crippen LogP contribution in [0.15, 0.2) is 77.6 Å². The molecular formula is C21H16O2S2. The smallest absolute Gasteiger partial charge is 0.216 e. The molecule has 2 nitrogen and oxygen atoms in total. The number of carbonyl (C=O) groups excluding carboxylic acids is 2. The molecule has 0 radical (unpaired) electrons. The molecular weight excluding hydrogens is 348 g/mol. The molecule has 0 heterocycles. The van der Waals surface area contributed by atoms with E-state index in [4.69, 9.17) is 0 Å². The Morgan fingerprint density at radius 2 is 1.44 bits per heavy atom. The van der Waals surface area contributed by atoms with Crippen LogP contribution in [0.2, 0.25) is 0 Å². The van der Waals surface area contributed by atoms with Crippen LogP contribution in [-0.4, -0.2) is 10.2 Å². The summed E-state index contributed by atoms with van der Waals surface area (Å²) in [5, 5.41) is -0.159. The van der Waals surface area contributed by atoms with Crippen molar-refractivity contribution in [1.82, 2.24) is 0 Å². The highest BCUT2D eigenvalue weighted by molar-refractivity contribution is 8.14. The van der Waals surface area contributed by atoms with Crippen molar-refractivity contribution < 1.29 is 9.59 Å². The summed E-state index contributed by atoms with van der Waals surface area (Å²) in [5.74, 6) is 6.25. The molecule has 0 unspecified atom stereocenters.